The summed E-state index contributed by atoms with van der Waals surface area (Å²) in [5.41, 5.74) is 17.4. The Morgan fingerprint density at radius 1 is 1.06 bits per heavy atom. The van der Waals surface area contributed by atoms with Crippen molar-refractivity contribution in [1.82, 2.24) is 10.2 Å². The second kappa shape index (κ2) is 9.24. The van der Waals surface area contributed by atoms with Crippen molar-refractivity contribution in [3.63, 3.8) is 0 Å². The summed E-state index contributed by atoms with van der Waals surface area (Å²) in [4.78, 5) is 14.0. The predicted octanol–water partition coefficient (Wildman–Crippen LogP) is 5.09. The molecule has 1 aliphatic rings. The maximum Gasteiger partial charge on any atom is 0.248 e. The molecule has 1 fully saturated rings. The second-order valence-electron chi connectivity index (χ2n) is 9.09. The fourth-order valence-corrected chi connectivity index (χ4v) is 5.06. The van der Waals surface area contributed by atoms with Gasteiger partial charge in [0.1, 0.15) is 11.5 Å². The van der Waals surface area contributed by atoms with Gasteiger partial charge in [0.2, 0.25) is 5.91 Å². The SMILES string of the molecule is Cc1cc(Cl)cc(-c2nnc3ccc(-c4cc(F)cc(C(N)=O)c4)cc3c2N2CCC[C@@H](N)C2)c1. The van der Waals surface area contributed by atoms with Gasteiger partial charge in [-0.2, -0.15) is 0 Å². The van der Waals surface area contributed by atoms with Crippen LogP contribution in [0.15, 0.2) is 54.6 Å². The molecule has 0 radical (unpaired) electrons. The molecule has 0 bridgehead atoms. The van der Waals surface area contributed by atoms with E-state index in [1.54, 1.807) is 6.07 Å². The first kappa shape index (κ1) is 23.2. The van der Waals surface area contributed by atoms with E-state index in [0.717, 1.165) is 53.2 Å². The average molecular weight is 490 g/mol. The second-order valence-corrected chi connectivity index (χ2v) is 9.52. The average Bonchev–Trinajstić information content (AvgIpc) is 2.82. The highest BCUT2D eigenvalue weighted by Crippen LogP contribution is 2.39. The molecule has 8 heteroatoms. The molecule has 4 aromatic rings. The molecule has 35 heavy (non-hydrogen) atoms. The zero-order valence-corrected chi connectivity index (χ0v) is 20.0. The number of fused-ring (bicyclic) bond motifs is 1. The zero-order chi connectivity index (χ0) is 24.7. The van der Waals surface area contributed by atoms with E-state index in [4.69, 9.17) is 23.1 Å². The third-order valence-electron chi connectivity index (χ3n) is 6.34. The van der Waals surface area contributed by atoms with Gasteiger partial charge in [-0.3, -0.25) is 4.79 Å². The summed E-state index contributed by atoms with van der Waals surface area (Å²) in [6, 6.07) is 15.6. The number of aromatic nitrogens is 2. The van der Waals surface area contributed by atoms with Gasteiger partial charge in [0, 0.05) is 40.7 Å². The number of carbonyl (C=O) groups is 1. The Morgan fingerprint density at radius 3 is 2.63 bits per heavy atom. The molecule has 178 valence electrons. The topological polar surface area (TPSA) is 98.1 Å². The van der Waals surface area contributed by atoms with Crippen LogP contribution in [-0.4, -0.2) is 35.2 Å². The first-order valence-electron chi connectivity index (χ1n) is 11.5. The Labute approximate surface area is 207 Å². The molecule has 1 aromatic heterocycles. The normalized spacial score (nSPS) is 16.0. The van der Waals surface area contributed by atoms with Crippen molar-refractivity contribution in [2.24, 2.45) is 11.5 Å². The Morgan fingerprint density at radius 2 is 1.89 bits per heavy atom. The summed E-state index contributed by atoms with van der Waals surface area (Å²) in [6.45, 7) is 3.50. The van der Waals surface area contributed by atoms with Crippen molar-refractivity contribution < 1.29 is 9.18 Å². The molecule has 2 heterocycles. The minimum absolute atomic E-state index is 0.0467. The summed E-state index contributed by atoms with van der Waals surface area (Å²) in [5, 5.41) is 10.6. The molecule has 1 aliphatic heterocycles. The zero-order valence-electron chi connectivity index (χ0n) is 19.3. The van der Waals surface area contributed by atoms with Crippen LogP contribution in [0.5, 0.6) is 0 Å². The lowest BCUT2D eigenvalue weighted by Gasteiger charge is -2.34. The standard InChI is InChI=1S/C27H25ClFN5O/c1-15-7-18(10-20(28)8-15)25-26(34-6-2-3-22(30)14-34)23-13-16(4-5-24(23)32-33-25)17-9-19(27(31)35)12-21(29)11-17/h4-5,7-13,22H,2-3,6,14,30H2,1H3,(H2,31,35)/t22-/m1/s1. The van der Waals surface area contributed by atoms with Crippen molar-refractivity contribution in [2.75, 3.05) is 18.0 Å². The third kappa shape index (κ3) is 4.70. The first-order valence-corrected chi connectivity index (χ1v) is 11.9. The van der Waals surface area contributed by atoms with Gasteiger partial charge in [0.25, 0.3) is 0 Å². The fraction of sp³-hybridized carbons (Fsp3) is 0.222. The van der Waals surface area contributed by atoms with E-state index in [1.807, 2.05) is 43.3 Å². The van der Waals surface area contributed by atoms with Crippen LogP contribution in [-0.2, 0) is 0 Å². The predicted molar refractivity (Wildman–Crippen MR) is 138 cm³/mol. The number of anilines is 1. The van der Waals surface area contributed by atoms with Crippen LogP contribution in [0.4, 0.5) is 10.1 Å². The molecule has 0 aliphatic carbocycles. The number of benzene rings is 3. The minimum atomic E-state index is -0.681. The van der Waals surface area contributed by atoms with Crippen molar-refractivity contribution in [2.45, 2.75) is 25.8 Å². The van der Waals surface area contributed by atoms with Crippen LogP contribution in [0.3, 0.4) is 0 Å². The number of piperidine rings is 1. The van der Waals surface area contributed by atoms with Crippen LogP contribution in [0.25, 0.3) is 33.3 Å². The lowest BCUT2D eigenvalue weighted by Crippen LogP contribution is -2.43. The van der Waals surface area contributed by atoms with Crippen LogP contribution in [0.2, 0.25) is 5.02 Å². The molecule has 3 aromatic carbocycles. The van der Waals surface area contributed by atoms with Gasteiger partial charge in [-0.25, -0.2) is 4.39 Å². The molecule has 1 amide bonds. The number of nitrogens with two attached hydrogens (primary N) is 2. The number of hydrogen-bond acceptors (Lipinski definition) is 5. The van der Waals surface area contributed by atoms with E-state index in [1.165, 1.54) is 6.07 Å². The van der Waals surface area contributed by atoms with E-state index < -0.39 is 11.7 Å². The van der Waals surface area contributed by atoms with E-state index >= 15 is 0 Å². The van der Waals surface area contributed by atoms with Crippen LogP contribution in [0.1, 0.15) is 28.8 Å². The molecular formula is C27H25ClFN5O. The van der Waals surface area contributed by atoms with E-state index in [9.17, 15) is 9.18 Å². The number of primary amides is 1. The van der Waals surface area contributed by atoms with Crippen LogP contribution < -0.4 is 16.4 Å². The lowest BCUT2D eigenvalue weighted by atomic mass is 9.97. The molecular weight excluding hydrogens is 465 g/mol. The summed E-state index contributed by atoms with van der Waals surface area (Å²) >= 11 is 6.38. The quantitative estimate of drug-likeness (QED) is 0.416. The van der Waals surface area contributed by atoms with Gasteiger partial charge in [-0.05, 0) is 85.0 Å². The van der Waals surface area contributed by atoms with Gasteiger partial charge in [0.15, 0.2) is 0 Å². The molecule has 6 nitrogen and oxygen atoms in total. The number of hydrogen-bond donors (Lipinski definition) is 2. The van der Waals surface area contributed by atoms with E-state index in [0.29, 0.717) is 28.3 Å². The van der Waals surface area contributed by atoms with Gasteiger partial charge in [0.05, 0.1) is 11.2 Å². The number of aryl methyl sites for hydroxylation is 1. The van der Waals surface area contributed by atoms with E-state index in [-0.39, 0.29) is 11.6 Å². The highest BCUT2D eigenvalue weighted by molar-refractivity contribution is 6.31. The van der Waals surface area contributed by atoms with E-state index in [2.05, 4.69) is 15.1 Å². The van der Waals surface area contributed by atoms with Crippen molar-refractivity contribution >= 4 is 34.1 Å². The highest BCUT2D eigenvalue weighted by Gasteiger charge is 2.24. The number of rotatable bonds is 4. The minimum Gasteiger partial charge on any atom is -0.368 e. The maximum atomic E-state index is 14.3. The number of carbonyl (C=O) groups excluding carboxylic acids is 1. The molecule has 0 spiro atoms. The smallest absolute Gasteiger partial charge is 0.248 e. The summed E-state index contributed by atoms with van der Waals surface area (Å²) in [6.07, 6.45) is 1.92. The number of halogens is 2. The monoisotopic (exact) mass is 489 g/mol. The van der Waals surface area contributed by atoms with Gasteiger partial charge in [-0.15, -0.1) is 10.2 Å². The summed E-state index contributed by atoms with van der Waals surface area (Å²) in [5.74, 6) is -1.21. The van der Waals surface area contributed by atoms with Gasteiger partial charge in [-0.1, -0.05) is 17.7 Å². The third-order valence-corrected chi connectivity index (χ3v) is 6.56. The first-order chi connectivity index (χ1) is 16.8. The van der Waals surface area contributed by atoms with Crippen molar-refractivity contribution in [3.8, 4) is 22.4 Å². The maximum absolute atomic E-state index is 14.3. The number of amides is 1. The highest BCUT2D eigenvalue weighted by atomic mass is 35.5. The summed E-state index contributed by atoms with van der Waals surface area (Å²) in [7, 11) is 0. The Balaban J connectivity index is 1.76. The van der Waals surface area contributed by atoms with Crippen molar-refractivity contribution in [3.05, 3.63) is 76.6 Å². The molecule has 0 unspecified atom stereocenters. The lowest BCUT2D eigenvalue weighted by molar-refractivity contribution is 0.1000. The van der Waals surface area contributed by atoms with Gasteiger partial charge >= 0.3 is 0 Å². The molecule has 5 rings (SSSR count). The summed E-state index contributed by atoms with van der Waals surface area (Å²) < 4.78 is 14.3. The Hall–Kier alpha value is -3.55. The van der Waals surface area contributed by atoms with Crippen molar-refractivity contribution in [1.29, 1.82) is 0 Å². The van der Waals surface area contributed by atoms with Crippen LogP contribution >= 0.6 is 11.6 Å². The fourth-order valence-electron chi connectivity index (χ4n) is 4.77. The largest absolute Gasteiger partial charge is 0.368 e. The molecule has 4 N–H and O–H groups in total. The molecule has 1 atom stereocenters. The molecule has 1 saturated heterocycles. The van der Waals surface area contributed by atoms with Crippen LogP contribution in [0, 0.1) is 12.7 Å². The van der Waals surface area contributed by atoms with Gasteiger partial charge < -0.3 is 16.4 Å². The Kier molecular flexibility index (Phi) is 6.13. The number of nitrogens with zero attached hydrogens (tertiary/aromatic N) is 3. The molecule has 0 saturated carbocycles. The Bertz CT molecular complexity index is 1440.